The third kappa shape index (κ3) is 4.24. The number of carbonyl (C=O) groups excluding carboxylic acids is 2. The Hall–Kier alpha value is -3.00. The molecule has 0 spiro atoms. The molecule has 0 saturated heterocycles. The highest BCUT2D eigenvalue weighted by Crippen LogP contribution is 2.25. The van der Waals surface area contributed by atoms with Crippen LogP contribution in [0.4, 0.5) is 10.7 Å². The predicted molar refractivity (Wildman–Crippen MR) is 86.4 cm³/mol. The molecule has 118 valence electrons. The monoisotopic (exact) mass is 332 g/mol. The van der Waals surface area contributed by atoms with Crippen LogP contribution in [0.1, 0.15) is 15.2 Å². The Bertz CT molecular complexity index is 782. The summed E-state index contributed by atoms with van der Waals surface area (Å²) in [5.41, 5.74) is 0.565. The van der Waals surface area contributed by atoms with E-state index in [-0.39, 0.29) is 10.6 Å². The van der Waals surface area contributed by atoms with E-state index < -0.39 is 16.8 Å². The summed E-state index contributed by atoms with van der Waals surface area (Å²) in [6, 6.07) is 9.36. The molecule has 1 heterocycles. The van der Waals surface area contributed by atoms with Crippen LogP contribution in [0.2, 0.25) is 0 Å². The molecule has 0 aliphatic heterocycles. The number of nitrogens with zero attached hydrogens (tertiary/aromatic N) is 1. The van der Waals surface area contributed by atoms with E-state index in [1.807, 2.05) is 0 Å². The average molecular weight is 332 g/mol. The van der Waals surface area contributed by atoms with Gasteiger partial charge in [0, 0.05) is 17.0 Å². The summed E-state index contributed by atoms with van der Waals surface area (Å²) in [6.45, 7) is 0. The Balaban J connectivity index is 2.09. The molecular formula is C15H12N2O5S. The van der Waals surface area contributed by atoms with Gasteiger partial charge in [0.15, 0.2) is 0 Å². The standard InChI is InChI=1S/C15H12N2O5S/c1-22-15(19)11-4-2-3-5-12(11)16-13(18)8-6-10-7-9-14(23-10)17(20)21/h2-9H,1H3,(H,16,18)/b8-6+. The normalized spacial score (nSPS) is 10.5. The van der Waals surface area contributed by atoms with Gasteiger partial charge in [0.25, 0.3) is 0 Å². The lowest BCUT2D eigenvalue weighted by Gasteiger charge is -2.07. The van der Waals surface area contributed by atoms with Crippen LogP contribution in [-0.2, 0) is 9.53 Å². The molecule has 2 rings (SSSR count). The summed E-state index contributed by atoms with van der Waals surface area (Å²) in [6.07, 6.45) is 2.71. The molecule has 0 fully saturated rings. The van der Waals surface area contributed by atoms with Crippen LogP contribution in [0.5, 0.6) is 0 Å². The van der Waals surface area contributed by atoms with E-state index >= 15 is 0 Å². The van der Waals surface area contributed by atoms with Crippen LogP contribution in [-0.4, -0.2) is 23.9 Å². The van der Waals surface area contributed by atoms with Crippen molar-refractivity contribution in [1.29, 1.82) is 0 Å². The summed E-state index contributed by atoms with van der Waals surface area (Å²) < 4.78 is 4.64. The Morgan fingerprint density at radius 2 is 2.00 bits per heavy atom. The van der Waals surface area contributed by atoms with E-state index in [2.05, 4.69) is 10.1 Å². The second-order valence-corrected chi connectivity index (χ2v) is 5.39. The molecule has 8 heteroatoms. The summed E-state index contributed by atoms with van der Waals surface area (Å²) in [4.78, 5) is 34.2. The maximum atomic E-state index is 11.9. The zero-order chi connectivity index (χ0) is 16.8. The van der Waals surface area contributed by atoms with Crippen molar-refractivity contribution in [2.75, 3.05) is 12.4 Å². The molecule has 1 aromatic heterocycles. The fourth-order valence-electron chi connectivity index (χ4n) is 1.74. The third-order valence-electron chi connectivity index (χ3n) is 2.78. The van der Waals surface area contributed by atoms with Crippen molar-refractivity contribution in [2.45, 2.75) is 0 Å². The number of para-hydroxylation sites is 1. The number of amides is 1. The van der Waals surface area contributed by atoms with Gasteiger partial charge in [-0.05, 0) is 24.3 Å². The largest absolute Gasteiger partial charge is 0.465 e. The Morgan fingerprint density at radius 3 is 2.65 bits per heavy atom. The molecule has 1 aromatic carbocycles. The molecule has 2 aromatic rings. The summed E-state index contributed by atoms with van der Waals surface area (Å²) in [5, 5.41) is 13.2. The third-order valence-corrected chi connectivity index (χ3v) is 3.78. The van der Waals surface area contributed by atoms with E-state index in [9.17, 15) is 19.7 Å². The SMILES string of the molecule is COC(=O)c1ccccc1NC(=O)/C=C/c1ccc([N+](=O)[O-])s1. The van der Waals surface area contributed by atoms with Gasteiger partial charge in [-0.3, -0.25) is 14.9 Å². The molecule has 0 radical (unpaired) electrons. The van der Waals surface area contributed by atoms with E-state index in [0.717, 1.165) is 11.3 Å². The zero-order valence-electron chi connectivity index (χ0n) is 12.0. The molecule has 23 heavy (non-hydrogen) atoms. The van der Waals surface area contributed by atoms with Crippen molar-refractivity contribution >= 4 is 40.0 Å². The predicted octanol–water partition coefficient (Wildman–Crippen LogP) is 3.09. The minimum atomic E-state index is -0.557. The number of hydrogen-bond donors (Lipinski definition) is 1. The maximum Gasteiger partial charge on any atom is 0.339 e. The van der Waals surface area contributed by atoms with Gasteiger partial charge in [-0.25, -0.2) is 4.79 Å². The number of esters is 1. The van der Waals surface area contributed by atoms with E-state index in [0.29, 0.717) is 10.6 Å². The molecule has 0 aliphatic carbocycles. The number of methoxy groups -OCH3 is 1. The second kappa shape index (κ2) is 7.32. The molecule has 0 bridgehead atoms. The van der Waals surface area contributed by atoms with Crippen molar-refractivity contribution in [3.05, 3.63) is 63.0 Å². The topological polar surface area (TPSA) is 98.5 Å². The smallest absolute Gasteiger partial charge is 0.339 e. The Morgan fingerprint density at radius 1 is 1.26 bits per heavy atom. The van der Waals surface area contributed by atoms with Crippen LogP contribution in [0.15, 0.2) is 42.5 Å². The number of nitrogens with one attached hydrogen (secondary N) is 1. The highest BCUT2D eigenvalue weighted by molar-refractivity contribution is 7.16. The highest BCUT2D eigenvalue weighted by Gasteiger charge is 2.12. The minimum Gasteiger partial charge on any atom is -0.465 e. The minimum absolute atomic E-state index is 0.00101. The summed E-state index contributed by atoms with van der Waals surface area (Å²) in [5.74, 6) is -1.02. The molecule has 1 N–H and O–H groups in total. The number of hydrogen-bond acceptors (Lipinski definition) is 6. The van der Waals surface area contributed by atoms with Crippen molar-refractivity contribution in [3.8, 4) is 0 Å². The quantitative estimate of drug-likeness (QED) is 0.392. The fraction of sp³-hybridized carbons (Fsp3) is 0.0667. The van der Waals surface area contributed by atoms with E-state index in [1.165, 1.54) is 31.4 Å². The number of carbonyl (C=O) groups is 2. The first-order valence-corrected chi connectivity index (χ1v) is 7.23. The van der Waals surface area contributed by atoms with Gasteiger partial charge in [0.2, 0.25) is 5.91 Å². The lowest BCUT2D eigenvalue weighted by molar-refractivity contribution is -0.380. The van der Waals surface area contributed by atoms with Gasteiger partial charge in [-0.15, -0.1) is 0 Å². The second-order valence-electron chi connectivity index (χ2n) is 4.29. The molecule has 0 unspecified atom stereocenters. The van der Waals surface area contributed by atoms with Gasteiger partial charge in [0.1, 0.15) is 0 Å². The summed E-state index contributed by atoms with van der Waals surface area (Å²) in [7, 11) is 1.25. The number of benzene rings is 1. The van der Waals surface area contributed by atoms with Gasteiger partial charge < -0.3 is 10.1 Å². The van der Waals surface area contributed by atoms with Gasteiger partial charge in [0.05, 0.1) is 23.3 Å². The molecular weight excluding hydrogens is 320 g/mol. The van der Waals surface area contributed by atoms with Crippen LogP contribution in [0, 0.1) is 10.1 Å². The molecule has 0 aliphatic rings. The molecule has 0 saturated carbocycles. The zero-order valence-corrected chi connectivity index (χ0v) is 12.8. The van der Waals surface area contributed by atoms with Gasteiger partial charge in [-0.1, -0.05) is 23.5 Å². The van der Waals surface area contributed by atoms with Crippen LogP contribution in [0.3, 0.4) is 0 Å². The number of thiophene rings is 1. The van der Waals surface area contributed by atoms with Crippen molar-refractivity contribution in [2.24, 2.45) is 0 Å². The Kier molecular flexibility index (Phi) is 5.21. The number of anilines is 1. The lowest BCUT2D eigenvalue weighted by atomic mass is 10.2. The van der Waals surface area contributed by atoms with Crippen molar-refractivity contribution < 1.29 is 19.2 Å². The van der Waals surface area contributed by atoms with E-state index in [1.54, 1.807) is 24.3 Å². The van der Waals surface area contributed by atoms with Crippen LogP contribution in [0.25, 0.3) is 6.08 Å². The fourth-order valence-corrected chi connectivity index (χ4v) is 2.47. The first-order valence-electron chi connectivity index (χ1n) is 6.42. The van der Waals surface area contributed by atoms with Crippen LogP contribution < -0.4 is 5.32 Å². The lowest BCUT2D eigenvalue weighted by Crippen LogP contribution is -2.12. The van der Waals surface area contributed by atoms with Gasteiger partial charge in [-0.2, -0.15) is 0 Å². The van der Waals surface area contributed by atoms with Crippen LogP contribution >= 0.6 is 11.3 Å². The molecule has 1 amide bonds. The first kappa shape index (κ1) is 16.4. The number of nitro groups is 1. The molecule has 7 nitrogen and oxygen atoms in total. The first-order chi connectivity index (χ1) is 11.0. The van der Waals surface area contributed by atoms with E-state index in [4.69, 9.17) is 0 Å². The molecule has 0 atom stereocenters. The Labute approximate surface area is 135 Å². The number of rotatable bonds is 5. The van der Waals surface area contributed by atoms with Crippen molar-refractivity contribution in [3.63, 3.8) is 0 Å². The van der Waals surface area contributed by atoms with Crippen molar-refractivity contribution in [1.82, 2.24) is 0 Å². The van der Waals surface area contributed by atoms with Gasteiger partial charge >= 0.3 is 11.0 Å². The summed E-state index contributed by atoms with van der Waals surface area (Å²) >= 11 is 0.961. The maximum absolute atomic E-state index is 11.9. The number of ether oxygens (including phenoxy) is 1. The highest BCUT2D eigenvalue weighted by atomic mass is 32.1. The average Bonchev–Trinajstić information content (AvgIpc) is 3.02.